The smallest absolute Gasteiger partial charge is 0.329 e. The van der Waals surface area contributed by atoms with Crippen LogP contribution in [0, 0.1) is 5.82 Å². The van der Waals surface area contributed by atoms with E-state index in [1.807, 2.05) is 0 Å². The molecular formula is C18H14FN3O4. The van der Waals surface area contributed by atoms with Gasteiger partial charge in [-0.1, -0.05) is 12.1 Å². The van der Waals surface area contributed by atoms with Gasteiger partial charge in [-0.25, -0.2) is 14.1 Å². The molecule has 0 unspecified atom stereocenters. The topological polar surface area (TPSA) is 98.7 Å². The zero-order valence-electron chi connectivity index (χ0n) is 13.4. The number of anilines is 1. The number of phenols is 1. The number of phenolic OH excluding ortho intramolecular Hbond substituents is 1. The Morgan fingerprint density at radius 2 is 1.92 bits per heavy atom. The molecule has 132 valence electrons. The van der Waals surface area contributed by atoms with Gasteiger partial charge in [-0.3, -0.25) is 9.59 Å². The van der Waals surface area contributed by atoms with Crippen molar-refractivity contribution in [3.05, 3.63) is 65.6 Å². The summed E-state index contributed by atoms with van der Waals surface area (Å²) in [6.45, 7) is -0.487. The third-order valence-electron chi connectivity index (χ3n) is 3.57. The van der Waals surface area contributed by atoms with Crippen LogP contribution in [0.4, 0.5) is 14.9 Å². The number of rotatable bonds is 4. The summed E-state index contributed by atoms with van der Waals surface area (Å²) in [6, 6.07) is 10.5. The molecule has 0 spiro atoms. The minimum Gasteiger partial charge on any atom is -0.508 e. The van der Waals surface area contributed by atoms with E-state index in [0.717, 1.165) is 4.90 Å². The Labute approximate surface area is 147 Å². The largest absolute Gasteiger partial charge is 0.508 e. The van der Waals surface area contributed by atoms with Crippen LogP contribution in [0.1, 0.15) is 5.56 Å². The average molecular weight is 355 g/mol. The van der Waals surface area contributed by atoms with Crippen molar-refractivity contribution < 1.29 is 23.9 Å². The Hall–Kier alpha value is -3.68. The van der Waals surface area contributed by atoms with Crippen molar-refractivity contribution in [3.8, 4) is 5.75 Å². The maximum absolute atomic E-state index is 12.9. The lowest BCUT2D eigenvalue weighted by Gasteiger charge is -2.11. The van der Waals surface area contributed by atoms with E-state index >= 15 is 0 Å². The fraction of sp³-hybridized carbons (Fsp3) is 0.0556. The van der Waals surface area contributed by atoms with E-state index in [-0.39, 0.29) is 11.4 Å². The van der Waals surface area contributed by atoms with Gasteiger partial charge in [0.15, 0.2) is 0 Å². The normalized spacial score (nSPS) is 15.3. The molecular weight excluding hydrogens is 341 g/mol. The van der Waals surface area contributed by atoms with Crippen LogP contribution in [0.5, 0.6) is 5.75 Å². The SMILES string of the molecule is O=C(CN1C(=O)N/C(=C\c2cccc(O)c2)C1=O)Nc1ccc(F)cc1. The Balaban J connectivity index is 1.69. The molecule has 0 saturated carbocycles. The molecule has 1 aliphatic rings. The third-order valence-corrected chi connectivity index (χ3v) is 3.57. The highest BCUT2D eigenvalue weighted by molar-refractivity contribution is 6.15. The Morgan fingerprint density at radius 3 is 2.62 bits per heavy atom. The summed E-state index contributed by atoms with van der Waals surface area (Å²) in [4.78, 5) is 37.1. The second-order valence-corrected chi connectivity index (χ2v) is 5.53. The number of nitrogens with zero attached hydrogens (tertiary/aromatic N) is 1. The number of hydrogen-bond donors (Lipinski definition) is 3. The fourth-order valence-corrected chi connectivity index (χ4v) is 2.37. The maximum Gasteiger partial charge on any atom is 0.329 e. The first-order valence-corrected chi connectivity index (χ1v) is 7.61. The average Bonchev–Trinajstić information content (AvgIpc) is 2.84. The summed E-state index contributed by atoms with van der Waals surface area (Å²) in [5.74, 6) is -1.68. The molecule has 2 aromatic rings. The zero-order chi connectivity index (χ0) is 18.7. The number of carbonyl (C=O) groups excluding carboxylic acids is 3. The van der Waals surface area contributed by atoms with Gasteiger partial charge in [0.1, 0.15) is 23.8 Å². The van der Waals surface area contributed by atoms with E-state index < -0.39 is 30.2 Å². The third kappa shape index (κ3) is 3.86. The van der Waals surface area contributed by atoms with Crippen molar-refractivity contribution >= 4 is 29.6 Å². The highest BCUT2D eigenvalue weighted by atomic mass is 19.1. The molecule has 1 heterocycles. The molecule has 0 aliphatic carbocycles. The number of halogens is 1. The van der Waals surface area contributed by atoms with E-state index in [0.29, 0.717) is 11.3 Å². The molecule has 0 aromatic heterocycles. The van der Waals surface area contributed by atoms with Crippen LogP contribution < -0.4 is 10.6 Å². The highest BCUT2D eigenvalue weighted by Gasteiger charge is 2.34. The summed E-state index contributed by atoms with van der Waals surface area (Å²) in [6.07, 6.45) is 1.40. The minimum atomic E-state index is -0.726. The molecule has 26 heavy (non-hydrogen) atoms. The molecule has 0 radical (unpaired) electrons. The van der Waals surface area contributed by atoms with E-state index in [1.54, 1.807) is 12.1 Å². The van der Waals surface area contributed by atoms with Crippen molar-refractivity contribution in [2.75, 3.05) is 11.9 Å². The van der Waals surface area contributed by atoms with Crippen LogP contribution in [0.3, 0.4) is 0 Å². The van der Waals surface area contributed by atoms with E-state index in [9.17, 15) is 23.9 Å². The second kappa shape index (κ2) is 7.06. The lowest BCUT2D eigenvalue weighted by Crippen LogP contribution is -2.38. The first-order chi connectivity index (χ1) is 12.4. The summed E-state index contributed by atoms with van der Waals surface area (Å²) in [5, 5.41) is 14.3. The highest BCUT2D eigenvalue weighted by Crippen LogP contribution is 2.17. The lowest BCUT2D eigenvalue weighted by atomic mass is 10.2. The predicted molar refractivity (Wildman–Crippen MR) is 91.4 cm³/mol. The van der Waals surface area contributed by atoms with Gasteiger partial charge in [-0.05, 0) is 48.0 Å². The van der Waals surface area contributed by atoms with Crippen molar-refractivity contribution in [1.29, 1.82) is 0 Å². The number of imide groups is 1. The zero-order valence-corrected chi connectivity index (χ0v) is 13.4. The number of amides is 4. The van der Waals surface area contributed by atoms with Crippen molar-refractivity contribution in [2.45, 2.75) is 0 Å². The van der Waals surface area contributed by atoms with Crippen LogP contribution in [0.2, 0.25) is 0 Å². The number of nitrogens with one attached hydrogen (secondary N) is 2. The van der Waals surface area contributed by atoms with Gasteiger partial charge < -0.3 is 15.7 Å². The molecule has 0 bridgehead atoms. The molecule has 3 rings (SSSR count). The molecule has 8 heteroatoms. The monoisotopic (exact) mass is 355 g/mol. The van der Waals surface area contributed by atoms with E-state index in [2.05, 4.69) is 10.6 Å². The molecule has 3 N–H and O–H groups in total. The first kappa shape index (κ1) is 17.2. The molecule has 2 aromatic carbocycles. The summed E-state index contributed by atoms with van der Waals surface area (Å²) >= 11 is 0. The predicted octanol–water partition coefficient (Wildman–Crippen LogP) is 2.06. The van der Waals surface area contributed by atoms with E-state index in [4.69, 9.17) is 0 Å². The number of benzene rings is 2. The minimum absolute atomic E-state index is 0.00446. The van der Waals surface area contributed by atoms with E-state index in [1.165, 1.54) is 42.5 Å². The first-order valence-electron chi connectivity index (χ1n) is 7.61. The van der Waals surface area contributed by atoms with Crippen LogP contribution in [-0.4, -0.2) is 34.4 Å². The summed E-state index contributed by atoms with van der Waals surface area (Å²) in [5.41, 5.74) is 0.862. The number of urea groups is 1. The molecule has 4 amide bonds. The van der Waals surface area contributed by atoms with Crippen LogP contribution in [0.25, 0.3) is 6.08 Å². The van der Waals surface area contributed by atoms with Gasteiger partial charge in [0, 0.05) is 5.69 Å². The molecule has 7 nitrogen and oxygen atoms in total. The summed E-state index contributed by atoms with van der Waals surface area (Å²) in [7, 11) is 0. The Kier molecular flexibility index (Phi) is 4.66. The van der Waals surface area contributed by atoms with Crippen molar-refractivity contribution in [2.24, 2.45) is 0 Å². The molecule has 0 atom stereocenters. The van der Waals surface area contributed by atoms with Crippen LogP contribution in [-0.2, 0) is 9.59 Å². The van der Waals surface area contributed by atoms with Crippen molar-refractivity contribution in [1.82, 2.24) is 10.2 Å². The van der Waals surface area contributed by atoms with Crippen LogP contribution >= 0.6 is 0 Å². The maximum atomic E-state index is 12.9. The van der Waals surface area contributed by atoms with Gasteiger partial charge in [0.05, 0.1) is 0 Å². The standard InChI is InChI=1S/C18H14FN3O4/c19-12-4-6-13(7-5-12)20-16(24)10-22-17(25)15(21-18(22)26)9-11-2-1-3-14(23)8-11/h1-9,23H,10H2,(H,20,24)(H,21,26)/b15-9-. The van der Waals surface area contributed by atoms with Crippen LogP contribution in [0.15, 0.2) is 54.2 Å². The molecule has 1 saturated heterocycles. The summed E-state index contributed by atoms with van der Waals surface area (Å²) < 4.78 is 12.9. The second-order valence-electron chi connectivity index (χ2n) is 5.53. The number of carbonyl (C=O) groups is 3. The van der Waals surface area contributed by atoms with Gasteiger partial charge in [0.2, 0.25) is 5.91 Å². The van der Waals surface area contributed by atoms with Gasteiger partial charge in [0.25, 0.3) is 5.91 Å². The number of hydrogen-bond acceptors (Lipinski definition) is 4. The Bertz CT molecular complexity index is 909. The Morgan fingerprint density at radius 1 is 1.19 bits per heavy atom. The lowest BCUT2D eigenvalue weighted by molar-refractivity contribution is -0.127. The quantitative estimate of drug-likeness (QED) is 0.577. The molecule has 1 aliphatic heterocycles. The van der Waals surface area contributed by atoms with Gasteiger partial charge >= 0.3 is 6.03 Å². The molecule has 1 fully saturated rings. The van der Waals surface area contributed by atoms with Crippen molar-refractivity contribution in [3.63, 3.8) is 0 Å². The van der Waals surface area contributed by atoms with Gasteiger partial charge in [-0.2, -0.15) is 0 Å². The van der Waals surface area contributed by atoms with Gasteiger partial charge in [-0.15, -0.1) is 0 Å². The fourth-order valence-electron chi connectivity index (χ4n) is 2.37. The number of aromatic hydroxyl groups is 1.